The Hall–Kier alpha value is -1.14. The summed E-state index contributed by atoms with van der Waals surface area (Å²) < 4.78 is 0. The largest absolute Gasteiger partial charge is 0.353 e. The summed E-state index contributed by atoms with van der Waals surface area (Å²) in [6.07, 6.45) is 4.89. The average Bonchev–Trinajstić information content (AvgIpc) is 2.64. The smallest absolute Gasteiger partial charge is 0.231 e. The fourth-order valence-corrected chi connectivity index (χ4v) is 2.17. The number of nitrogens with zero attached hydrogens (tertiary/aromatic N) is 4. The summed E-state index contributed by atoms with van der Waals surface area (Å²) in [6, 6.07) is 0. The molecule has 100 valence electrons. The Bertz CT molecular complexity index is 378. The second kappa shape index (κ2) is 6.70. The lowest BCUT2D eigenvalue weighted by Crippen LogP contribution is -2.27. The predicted octanol–water partition coefficient (Wildman–Crippen LogP) is 1.28. The molecule has 0 aromatic carbocycles. The minimum atomic E-state index is 0.226. The first kappa shape index (κ1) is 13.3. The zero-order valence-electron chi connectivity index (χ0n) is 10.4. The maximum Gasteiger partial charge on any atom is 0.231 e. The van der Waals surface area contributed by atoms with E-state index < -0.39 is 0 Å². The second-order valence-electron chi connectivity index (χ2n) is 4.34. The van der Waals surface area contributed by atoms with Gasteiger partial charge in [0.05, 0.1) is 0 Å². The highest BCUT2D eigenvalue weighted by molar-refractivity contribution is 6.28. The van der Waals surface area contributed by atoms with Crippen molar-refractivity contribution in [2.45, 2.75) is 25.7 Å². The molecule has 1 saturated heterocycles. The van der Waals surface area contributed by atoms with Crippen molar-refractivity contribution in [1.82, 2.24) is 15.0 Å². The van der Waals surface area contributed by atoms with Crippen molar-refractivity contribution in [3.05, 3.63) is 5.28 Å². The summed E-state index contributed by atoms with van der Waals surface area (Å²) >= 11 is 5.93. The first-order chi connectivity index (χ1) is 8.79. The van der Waals surface area contributed by atoms with Gasteiger partial charge in [-0.05, 0) is 24.4 Å². The van der Waals surface area contributed by atoms with Gasteiger partial charge >= 0.3 is 0 Å². The monoisotopic (exact) mass is 270 g/mol. The molecule has 0 amide bonds. The van der Waals surface area contributed by atoms with E-state index in [4.69, 9.17) is 17.3 Å². The molecule has 0 unspecified atom stereocenters. The van der Waals surface area contributed by atoms with E-state index in [-0.39, 0.29) is 5.28 Å². The maximum absolute atomic E-state index is 5.93. The van der Waals surface area contributed by atoms with Gasteiger partial charge in [-0.25, -0.2) is 0 Å². The highest BCUT2D eigenvalue weighted by Gasteiger charge is 2.14. The van der Waals surface area contributed by atoms with E-state index in [1.54, 1.807) is 0 Å². The molecule has 2 heterocycles. The molecule has 18 heavy (non-hydrogen) atoms. The Kier molecular flexibility index (Phi) is 4.95. The molecule has 1 fully saturated rings. The van der Waals surface area contributed by atoms with Crippen molar-refractivity contribution in [2.24, 2.45) is 5.73 Å². The Balaban J connectivity index is 2.12. The Morgan fingerprint density at radius 3 is 2.50 bits per heavy atom. The van der Waals surface area contributed by atoms with Crippen LogP contribution >= 0.6 is 11.6 Å². The number of halogens is 1. The molecule has 0 saturated carbocycles. The summed E-state index contributed by atoms with van der Waals surface area (Å²) in [5.74, 6) is 1.16. The molecule has 0 radical (unpaired) electrons. The van der Waals surface area contributed by atoms with Crippen molar-refractivity contribution in [3.63, 3.8) is 0 Å². The zero-order chi connectivity index (χ0) is 12.8. The molecule has 1 aliphatic heterocycles. The van der Waals surface area contributed by atoms with Crippen LogP contribution in [0.3, 0.4) is 0 Å². The van der Waals surface area contributed by atoms with Gasteiger partial charge in [0.2, 0.25) is 17.2 Å². The van der Waals surface area contributed by atoms with Crippen molar-refractivity contribution in [3.8, 4) is 0 Å². The summed E-state index contributed by atoms with van der Waals surface area (Å²) in [6.45, 7) is 3.12. The normalized spacial score (nSPS) is 16.4. The number of nitrogens with two attached hydrogens (primary N) is 1. The average molecular weight is 271 g/mol. The molecule has 0 spiro atoms. The number of hydrogen-bond donors (Lipinski definition) is 2. The van der Waals surface area contributed by atoms with Crippen molar-refractivity contribution >= 4 is 23.5 Å². The highest BCUT2D eigenvalue weighted by Crippen LogP contribution is 2.18. The van der Waals surface area contributed by atoms with Gasteiger partial charge < -0.3 is 16.0 Å². The van der Waals surface area contributed by atoms with Crippen molar-refractivity contribution in [2.75, 3.05) is 36.4 Å². The standard InChI is InChI=1S/C11H19ClN6/c12-9-15-10(14-6-5-13)17-11(16-9)18-7-3-1-2-4-8-18/h1-8,13H2,(H,14,15,16,17). The molecular formula is C11H19ClN6. The summed E-state index contributed by atoms with van der Waals surface area (Å²) in [5, 5.41) is 3.26. The number of aromatic nitrogens is 3. The first-order valence-electron chi connectivity index (χ1n) is 6.40. The molecular weight excluding hydrogens is 252 g/mol. The molecule has 1 aliphatic rings. The Morgan fingerprint density at radius 1 is 1.11 bits per heavy atom. The van der Waals surface area contributed by atoms with Gasteiger partial charge in [-0.1, -0.05) is 12.8 Å². The highest BCUT2D eigenvalue weighted by atomic mass is 35.5. The summed E-state index contributed by atoms with van der Waals surface area (Å²) in [7, 11) is 0. The number of hydrogen-bond acceptors (Lipinski definition) is 6. The number of anilines is 2. The van der Waals surface area contributed by atoms with Gasteiger partial charge in [-0.15, -0.1) is 0 Å². The molecule has 0 aliphatic carbocycles. The van der Waals surface area contributed by atoms with Crippen LogP contribution in [0.2, 0.25) is 5.28 Å². The van der Waals surface area contributed by atoms with Crippen LogP contribution in [-0.2, 0) is 0 Å². The molecule has 6 nitrogen and oxygen atoms in total. The molecule has 7 heteroatoms. The number of nitrogens with one attached hydrogen (secondary N) is 1. The van der Waals surface area contributed by atoms with Crippen LogP contribution in [0.1, 0.15) is 25.7 Å². The Labute approximate surface area is 112 Å². The molecule has 0 bridgehead atoms. The van der Waals surface area contributed by atoms with Crippen LogP contribution in [0.4, 0.5) is 11.9 Å². The fourth-order valence-electron chi connectivity index (χ4n) is 2.01. The van der Waals surface area contributed by atoms with Crippen LogP contribution in [0, 0.1) is 0 Å². The lowest BCUT2D eigenvalue weighted by Gasteiger charge is -2.20. The molecule has 3 N–H and O–H groups in total. The van der Waals surface area contributed by atoms with Gasteiger partial charge in [0, 0.05) is 26.2 Å². The minimum Gasteiger partial charge on any atom is -0.353 e. The summed E-state index contributed by atoms with van der Waals surface area (Å²) in [4.78, 5) is 14.8. The zero-order valence-corrected chi connectivity index (χ0v) is 11.2. The van der Waals surface area contributed by atoms with Crippen molar-refractivity contribution in [1.29, 1.82) is 0 Å². The van der Waals surface area contributed by atoms with Gasteiger partial charge in [0.1, 0.15) is 0 Å². The van der Waals surface area contributed by atoms with Gasteiger partial charge in [-0.3, -0.25) is 0 Å². The third-order valence-corrected chi connectivity index (χ3v) is 3.08. The van der Waals surface area contributed by atoms with Crippen LogP contribution < -0.4 is 16.0 Å². The number of rotatable bonds is 4. The first-order valence-corrected chi connectivity index (χ1v) is 6.78. The van der Waals surface area contributed by atoms with E-state index in [1.165, 1.54) is 25.7 Å². The van der Waals surface area contributed by atoms with Crippen LogP contribution in [0.5, 0.6) is 0 Å². The topological polar surface area (TPSA) is 80.0 Å². The molecule has 2 rings (SSSR count). The van der Waals surface area contributed by atoms with Gasteiger partial charge in [-0.2, -0.15) is 15.0 Å². The van der Waals surface area contributed by atoms with Gasteiger partial charge in [0.25, 0.3) is 0 Å². The van der Waals surface area contributed by atoms with E-state index in [0.29, 0.717) is 25.0 Å². The minimum absolute atomic E-state index is 0.226. The molecule has 1 aromatic heterocycles. The third-order valence-electron chi connectivity index (χ3n) is 2.91. The van der Waals surface area contributed by atoms with Crippen LogP contribution in [0.15, 0.2) is 0 Å². The predicted molar refractivity (Wildman–Crippen MR) is 73.1 cm³/mol. The Morgan fingerprint density at radius 2 is 1.83 bits per heavy atom. The summed E-state index contributed by atoms with van der Waals surface area (Å²) in [5.41, 5.74) is 5.44. The third kappa shape index (κ3) is 3.68. The molecule has 1 aromatic rings. The molecule has 0 atom stereocenters. The lowest BCUT2D eigenvalue weighted by molar-refractivity contribution is 0.726. The van der Waals surface area contributed by atoms with E-state index in [9.17, 15) is 0 Å². The van der Waals surface area contributed by atoms with Crippen LogP contribution in [0.25, 0.3) is 0 Å². The SMILES string of the molecule is NCCNc1nc(Cl)nc(N2CCCCCC2)n1. The quantitative estimate of drug-likeness (QED) is 0.858. The van der Waals surface area contributed by atoms with E-state index in [1.807, 2.05) is 0 Å². The fraction of sp³-hybridized carbons (Fsp3) is 0.727. The van der Waals surface area contributed by atoms with E-state index in [0.717, 1.165) is 13.1 Å². The van der Waals surface area contributed by atoms with E-state index >= 15 is 0 Å². The van der Waals surface area contributed by atoms with Crippen LogP contribution in [-0.4, -0.2) is 41.1 Å². The van der Waals surface area contributed by atoms with Gasteiger partial charge in [0.15, 0.2) is 0 Å². The maximum atomic E-state index is 5.93. The second-order valence-corrected chi connectivity index (χ2v) is 4.68. The van der Waals surface area contributed by atoms with E-state index in [2.05, 4.69) is 25.2 Å². The lowest BCUT2D eigenvalue weighted by atomic mass is 10.2. The van der Waals surface area contributed by atoms with Crippen molar-refractivity contribution < 1.29 is 0 Å².